The van der Waals surface area contributed by atoms with Gasteiger partial charge in [0, 0.05) is 17.8 Å². The second-order valence-electron chi connectivity index (χ2n) is 3.99. The molecule has 0 saturated carbocycles. The van der Waals surface area contributed by atoms with Crippen molar-refractivity contribution < 1.29 is 4.79 Å². The second-order valence-corrected chi connectivity index (χ2v) is 3.99. The number of carbonyl (C=O) groups is 1. The van der Waals surface area contributed by atoms with Crippen molar-refractivity contribution in [1.82, 2.24) is 4.98 Å². The summed E-state index contributed by atoms with van der Waals surface area (Å²) in [5, 5.41) is 0. The SMILES string of the molecule is CC(=O)C(Cc1ccccn1)C(C)C. The first-order valence-electron chi connectivity index (χ1n) is 5.01. The highest BCUT2D eigenvalue weighted by Gasteiger charge is 2.18. The van der Waals surface area contributed by atoms with Crippen LogP contribution in [-0.2, 0) is 11.2 Å². The average Bonchev–Trinajstić information content (AvgIpc) is 2.15. The summed E-state index contributed by atoms with van der Waals surface area (Å²) in [6.45, 7) is 5.82. The molecular formula is C12H17NO. The molecule has 0 aliphatic heterocycles. The predicted octanol–water partition coefficient (Wildman–Crippen LogP) is 2.49. The number of rotatable bonds is 4. The lowest BCUT2D eigenvalue weighted by molar-refractivity contribution is -0.121. The molecule has 76 valence electrons. The molecule has 1 aromatic rings. The molecule has 0 aliphatic carbocycles. The van der Waals surface area contributed by atoms with Gasteiger partial charge in [0.25, 0.3) is 0 Å². The zero-order chi connectivity index (χ0) is 10.6. The molecule has 1 unspecified atom stereocenters. The molecule has 14 heavy (non-hydrogen) atoms. The van der Waals surface area contributed by atoms with Gasteiger partial charge in [-0.2, -0.15) is 0 Å². The van der Waals surface area contributed by atoms with Crippen molar-refractivity contribution in [1.29, 1.82) is 0 Å². The summed E-state index contributed by atoms with van der Waals surface area (Å²) in [5.41, 5.74) is 1.00. The van der Waals surface area contributed by atoms with E-state index < -0.39 is 0 Å². The molecule has 0 spiro atoms. The molecule has 1 aromatic heterocycles. The van der Waals surface area contributed by atoms with Gasteiger partial charge >= 0.3 is 0 Å². The molecule has 1 heterocycles. The molecule has 0 aromatic carbocycles. The van der Waals surface area contributed by atoms with E-state index in [1.54, 1.807) is 13.1 Å². The van der Waals surface area contributed by atoms with Crippen molar-refractivity contribution >= 4 is 5.78 Å². The Kier molecular flexibility index (Phi) is 3.81. The summed E-state index contributed by atoms with van der Waals surface area (Å²) >= 11 is 0. The summed E-state index contributed by atoms with van der Waals surface area (Å²) in [7, 11) is 0. The Labute approximate surface area is 85.4 Å². The normalized spacial score (nSPS) is 12.9. The molecule has 1 rings (SSSR count). The highest BCUT2D eigenvalue weighted by atomic mass is 16.1. The summed E-state index contributed by atoms with van der Waals surface area (Å²) in [6, 6.07) is 5.82. The summed E-state index contributed by atoms with van der Waals surface area (Å²) in [4.78, 5) is 15.6. The number of aromatic nitrogens is 1. The van der Waals surface area contributed by atoms with Crippen LogP contribution in [-0.4, -0.2) is 10.8 Å². The third-order valence-corrected chi connectivity index (χ3v) is 2.48. The van der Waals surface area contributed by atoms with Crippen molar-refractivity contribution in [2.75, 3.05) is 0 Å². The number of carbonyl (C=O) groups excluding carboxylic acids is 1. The van der Waals surface area contributed by atoms with Crippen molar-refractivity contribution in [3.63, 3.8) is 0 Å². The fourth-order valence-electron chi connectivity index (χ4n) is 1.59. The second kappa shape index (κ2) is 4.89. The molecule has 0 fully saturated rings. The fraction of sp³-hybridized carbons (Fsp3) is 0.500. The van der Waals surface area contributed by atoms with Crippen LogP contribution in [0, 0.1) is 11.8 Å². The number of Topliss-reactive ketones (excluding diaryl/α,β-unsaturated/α-hetero) is 1. The minimum Gasteiger partial charge on any atom is -0.300 e. The number of nitrogens with zero attached hydrogens (tertiary/aromatic N) is 1. The summed E-state index contributed by atoms with van der Waals surface area (Å²) < 4.78 is 0. The van der Waals surface area contributed by atoms with Gasteiger partial charge in [-0.15, -0.1) is 0 Å². The molecule has 0 bridgehead atoms. The zero-order valence-corrected chi connectivity index (χ0v) is 9.03. The van der Waals surface area contributed by atoms with Crippen LogP contribution >= 0.6 is 0 Å². The molecule has 2 nitrogen and oxygen atoms in total. The number of pyridine rings is 1. The van der Waals surface area contributed by atoms with Gasteiger partial charge in [0.05, 0.1) is 0 Å². The maximum absolute atomic E-state index is 11.4. The van der Waals surface area contributed by atoms with E-state index >= 15 is 0 Å². The third kappa shape index (κ3) is 2.95. The maximum Gasteiger partial charge on any atom is 0.133 e. The summed E-state index contributed by atoms with van der Waals surface area (Å²) in [6.07, 6.45) is 2.53. The van der Waals surface area contributed by atoms with Crippen LogP contribution in [0.25, 0.3) is 0 Å². The van der Waals surface area contributed by atoms with Crippen LogP contribution in [0.2, 0.25) is 0 Å². The first kappa shape index (κ1) is 10.9. The number of hydrogen-bond acceptors (Lipinski definition) is 2. The fourth-order valence-corrected chi connectivity index (χ4v) is 1.59. The Morgan fingerprint density at radius 2 is 2.14 bits per heavy atom. The van der Waals surface area contributed by atoms with Gasteiger partial charge in [0.1, 0.15) is 5.78 Å². The molecule has 2 heteroatoms. The van der Waals surface area contributed by atoms with Gasteiger partial charge < -0.3 is 0 Å². The molecule has 0 saturated heterocycles. The Morgan fingerprint density at radius 1 is 1.43 bits per heavy atom. The predicted molar refractivity (Wildman–Crippen MR) is 57.0 cm³/mol. The van der Waals surface area contributed by atoms with Crippen LogP contribution < -0.4 is 0 Å². The largest absolute Gasteiger partial charge is 0.300 e. The van der Waals surface area contributed by atoms with Crippen molar-refractivity contribution in [2.24, 2.45) is 11.8 Å². The Balaban J connectivity index is 2.70. The first-order valence-corrected chi connectivity index (χ1v) is 5.01. The molecular weight excluding hydrogens is 174 g/mol. The van der Waals surface area contributed by atoms with E-state index in [-0.39, 0.29) is 11.7 Å². The van der Waals surface area contributed by atoms with Crippen molar-refractivity contribution in [2.45, 2.75) is 27.2 Å². The van der Waals surface area contributed by atoms with Crippen LogP contribution in [0.3, 0.4) is 0 Å². The average molecular weight is 191 g/mol. The van der Waals surface area contributed by atoms with Crippen molar-refractivity contribution in [3.8, 4) is 0 Å². The van der Waals surface area contributed by atoms with Gasteiger partial charge in [0.15, 0.2) is 0 Å². The Hall–Kier alpha value is -1.18. The molecule has 0 aliphatic rings. The Morgan fingerprint density at radius 3 is 2.57 bits per heavy atom. The van der Waals surface area contributed by atoms with Gasteiger partial charge in [-0.1, -0.05) is 19.9 Å². The topological polar surface area (TPSA) is 30.0 Å². The van der Waals surface area contributed by atoms with Crippen LogP contribution in [0.1, 0.15) is 26.5 Å². The van der Waals surface area contributed by atoms with E-state index in [1.807, 2.05) is 18.2 Å². The van der Waals surface area contributed by atoms with E-state index in [2.05, 4.69) is 18.8 Å². The first-order chi connectivity index (χ1) is 6.61. The molecule has 1 atom stereocenters. The highest BCUT2D eigenvalue weighted by molar-refractivity contribution is 5.78. The monoisotopic (exact) mass is 191 g/mol. The quantitative estimate of drug-likeness (QED) is 0.731. The van der Waals surface area contributed by atoms with Gasteiger partial charge in [-0.25, -0.2) is 0 Å². The highest BCUT2D eigenvalue weighted by Crippen LogP contribution is 2.16. The minimum atomic E-state index is 0.102. The van der Waals surface area contributed by atoms with Crippen LogP contribution in [0.5, 0.6) is 0 Å². The van der Waals surface area contributed by atoms with Gasteiger partial charge in [-0.3, -0.25) is 9.78 Å². The number of ketones is 1. The molecule has 0 radical (unpaired) electrons. The van der Waals surface area contributed by atoms with Crippen LogP contribution in [0.4, 0.5) is 0 Å². The third-order valence-electron chi connectivity index (χ3n) is 2.48. The van der Waals surface area contributed by atoms with E-state index in [0.29, 0.717) is 5.92 Å². The molecule has 0 amide bonds. The van der Waals surface area contributed by atoms with Crippen LogP contribution in [0.15, 0.2) is 24.4 Å². The lowest BCUT2D eigenvalue weighted by Crippen LogP contribution is -2.20. The minimum absolute atomic E-state index is 0.102. The van der Waals surface area contributed by atoms with Crippen molar-refractivity contribution in [3.05, 3.63) is 30.1 Å². The lowest BCUT2D eigenvalue weighted by Gasteiger charge is -2.16. The smallest absolute Gasteiger partial charge is 0.133 e. The summed E-state index contributed by atoms with van der Waals surface area (Å²) in [5.74, 6) is 0.741. The maximum atomic E-state index is 11.4. The van der Waals surface area contributed by atoms with E-state index in [9.17, 15) is 4.79 Å². The zero-order valence-electron chi connectivity index (χ0n) is 9.03. The van der Waals surface area contributed by atoms with E-state index in [0.717, 1.165) is 12.1 Å². The molecule has 0 N–H and O–H groups in total. The van der Waals surface area contributed by atoms with E-state index in [1.165, 1.54) is 0 Å². The number of hydrogen-bond donors (Lipinski definition) is 0. The lowest BCUT2D eigenvalue weighted by atomic mass is 9.88. The standard InChI is InChI=1S/C12H17NO/c1-9(2)12(10(3)14)8-11-6-4-5-7-13-11/h4-7,9,12H,8H2,1-3H3. The van der Waals surface area contributed by atoms with Gasteiger partial charge in [-0.05, 0) is 31.4 Å². The Bertz CT molecular complexity index is 292. The van der Waals surface area contributed by atoms with E-state index in [4.69, 9.17) is 0 Å². The van der Waals surface area contributed by atoms with Gasteiger partial charge in [0.2, 0.25) is 0 Å².